The van der Waals surface area contributed by atoms with Crippen molar-refractivity contribution in [2.24, 2.45) is 7.05 Å². The molecule has 0 aliphatic rings. The van der Waals surface area contributed by atoms with Gasteiger partial charge in [-0.3, -0.25) is 9.48 Å². The molecule has 0 radical (unpaired) electrons. The van der Waals surface area contributed by atoms with Crippen molar-refractivity contribution < 1.29 is 4.79 Å². The van der Waals surface area contributed by atoms with Gasteiger partial charge < -0.3 is 5.32 Å². The minimum Gasteiger partial charge on any atom is -0.347 e. The number of rotatable bonds is 5. The third-order valence-corrected chi connectivity index (χ3v) is 3.32. The highest BCUT2D eigenvalue weighted by Gasteiger charge is 2.15. The van der Waals surface area contributed by atoms with Gasteiger partial charge >= 0.3 is 0 Å². The van der Waals surface area contributed by atoms with Crippen molar-refractivity contribution in [3.05, 3.63) is 17.5 Å². The third-order valence-electron chi connectivity index (χ3n) is 2.54. The Kier molecular flexibility index (Phi) is 4.99. The lowest BCUT2D eigenvalue weighted by Gasteiger charge is -2.13. The molecule has 1 unspecified atom stereocenters. The summed E-state index contributed by atoms with van der Waals surface area (Å²) in [6.07, 6.45) is 1.76. The summed E-state index contributed by atoms with van der Waals surface area (Å²) < 4.78 is 1.63. The predicted octanol–water partition coefficient (Wildman–Crippen LogP) is 1.89. The molecular formula is C11H18BrN3O. The van der Waals surface area contributed by atoms with Crippen LogP contribution >= 0.6 is 15.9 Å². The lowest BCUT2D eigenvalue weighted by atomic mass is 10.2. The van der Waals surface area contributed by atoms with Crippen LogP contribution < -0.4 is 5.32 Å². The number of amides is 1. The molecule has 0 aliphatic carbocycles. The van der Waals surface area contributed by atoms with Crippen molar-refractivity contribution in [1.29, 1.82) is 0 Å². The number of aromatic nitrogens is 2. The molecule has 0 aliphatic heterocycles. The van der Waals surface area contributed by atoms with Crippen LogP contribution in [0.3, 0.4) is 0 Å². The van der Waals surface area contributed by atoms with E-state index in [9.17, 15) is 4.79 Å². The van der Waals surface area contributed by atoms with E-state index in [4.69, 9.17) is 0 Å². The first kappa shape index (κ1) is 13.2. The molecule has 1 amide bonds. The Morgan fingerprint density at radius 2 is 2.31 bits per heavy atom. The van der Waals surface area contributed by atoms with Crippen molar-refractivity contribution >= 4 is 21.8 Å². The first-order chi connectivity index (χ1) is 7.62. The number of nitrogens with one attached hydrogen (secondary N) is 1. The Morgan fingerprint density at radius 3 is 2.75 bits per heavy atom. The van der Waals surface area contributed by atoms with Crippen molar-refractivity contribution in [3.63, 3.8) is 0 Å². The van der Waals surface area contributed by atoms with Gasteiger partial charge in [0, 0.05) is 18.4 Å². The van der Waals surface area contributed by atoms with Crippen molar-refractivity contribution in [3.8, 4) is 0 Å². The first-order valence-corrected chi connectivity index (χ1v) is 6.64. The van der Waals surface area contributed by atoms with Crippen LogP contribution in [0.25, 0.3) is 0 Å². The molecule has 90 valence electrons. The first-order valence-electron chi connectivity index (χ1n) is 5.52. The van der Waals surface area contributed by atoms with Gasteiger partial charge in [0.15, 0.2) is 0 Å². The molecule has 1 N–H and O–H groups in total. The summed E-state index contributed by atoms with van der Waals surface area (Å²) in [5, 5.41) is 7.99. The van der Waals surface area contributed by atoms with Crippen LogP contribution in [0.15, 0.2) is 6.07 Å². The minimum absolute atomic E-state index is 0.0546. The van der Waals surface area contributed by atoms with Crippen LogP contribution in [0, 0.1) is 0 Å². The zero-order valence-electron chi connectivity index (χ0n) is 9.96. The fourth-order valence-corrected chi connectivity index (χ4v) is 2.04. The van der Waals surface area contributed by atoms with Crippen molar-refractivity contribution in [2.75, 3.05) is 5.33 Å². The number of alkyl halides is 1. The van der Waals surface area contributed by atoms with E-state index in [1.807, 2.05) is 19.9 Å². The van der Waals surface area contributed by atoms with Gasteiger partial charge in [-0.15, -0.1) is 0 Å². The van der Waals surface area contributed by atoms with Gasteiger partial charge in [-0.2, -0.15) is 5.10 Å². The molecular weight excluding hydrogens is 270 g/mol. The van der Waals surface area contributed by atoms with E-state index in [-0.39, 0.29) is 11.9 Å². The number of carbonyl (C=O) groups excluding carboxylic acids is 1. The summed E-state index contributed by atoms with van der Waals surface area (Å²) in [6.45, 7) is 4.07. The highest BCUT2D eigenvalue weighted by atomic mass is 79.9. The topological polar surface area (TPSA) is 46.9 Å². The highest BCUT2D eigenvalue weighted by molar-refractivity contribution is 9.09. The van der Waals surface area contributed by atoms with Gasteiger partial charge in [0.2, 0.25) is 0 Å². The summed E-state index contributed by atoms with van der Waals surface area (Å²) in [6, 6.07) is 2.02. The van der Waals surface area contributed by atoms with E-state index in [1.54, 1.807) is 11.7 Å². The Morgan fingerprint density at radius 1 is 1.62 bits per heavy atom. The second-order valence-corrected chi connectivity index (χ2v) is 4.38. The quantitative estimate of drug-likeness (QED) is 0.841. The van der Waals surface area contributed by atoms with Gasteiger partial charge in [-0.25, -0.2) is 0 Å². The van der Waals surface area contributed by atoms with Crippen LogP contribution in [0.1, 0.15) is 36.5 Å². The number of aryl methyl sites for hydroxylation is 2. The van der Waals surface area contributed by atoms with Gasteiger partial charge in [0.25, 0.3) is 5.91 Å². The van der Waals surface area contributed by atoms with Gasteiger partial charge in [-0.05, 0) is 18.9 Å². The summed E-state index contributed by atoms with van der Waals surface area (Å²) in [5.41, 5.74) is 1.57. The maximum atomic E-state index is 11.9. The molecule has 0 spiro atoms. The molecule has 4 nitrogen and oxygen atoms in total. The average molecular weight is 288 g/mol. The lowest BCUT2D eigenvalue weighted by Crippen LogP contribution is -2.36. The molecule has 5 heteroatoms. The van der Waals surface area contributed by atoms with E-state index in [0.29, 0.717) is 5.69 Å². The largest absolute Gasteiger partial charge is 0.347 e. The molecule has 0 aromatic carbocycles. The van der Waals surface area contributed by atoms with E-state index in [1.165, 1.54) is 0 Å². The molecule has 0 saturated carbocycles. The predicted molar refractivity (Wildman–Crippen MR) is 67.9 cm³/mol. The van der Waals surface area contributed by atoms with Crippen LogP contribution in [0.2, 0.25) is 0 Å². The van der Waals surface area contributed by atoms with E-state index < -0.39 is 0 Å². The van der Waals surface area contributed by atoms with E-state index in [0.717, 1.165) is 23.9 Å². The molecule has 1 aromatic rings. The van der Waals surface area contributed by atoms with E-state index in [2.05, 4.69) is 26.3 Å². The minimum atomic E-state index is -0.0546. The van der Waals surface area contributed by atoms with Crippen molar-refractivity contribution in [1.82, 2.24) is 15.1 Å². The second kappa shape index (κ2) is 6.03. The maximum Gasteiger partial charge on any atom is 0.269 e. The van der Waals surface area contributed by atoms with Gasteiger partial charge in [0.05, 0.1) is 5.69 Å². The maximum absolute atomic E-state index is 11.9. The van der Waals surface area contributed by atoms with Crippen LogP contribution in [0.4, 0.5) is 0 Å². The monoisotopic (exact) mass is 287 g/mol. The van der Waals surface area contributed by atoms with Crippen LogP contribution in [0.5, 0.6) is 0 Å². The third kappa shape index (κ3) is 3.07. The molecule has 1 aromatic heterocycles. The van der Waals surface area contributed by atoms with Gasteiger partial charge in [-0.1, -0.05) is 29.8 Å². The summed E-state index contributed by atoms with van der Waals surface area (Å²) in [7, 11) is 1.79. The molecule has 16 heavy (non-hydrogen) atoms. The molecule has 1 heterocycles. The summed E-state index contributed by atoms with van der Waals surface area (Å²) in [4.78, 5) is 11.9. The number of hydrogen-bond donors (Lipinski definition) is 1. The van der Waals surface area contributed by atoms with Gasteiger partial charge in [0.1, 0.15) is 5.69 Å². The number of halogens is 1. The smallest absolute Gasteiger partial charge is 0.269 e. The Balaban J connectivity index is 2.75. The molecule has 1 rings (SSSR count). The normalized spacial score (nSPS) is 12.5. The zero-order chi connectivity index (χ0) is 12.1. The lowest BCUT2D eigenvalue weighted by molar-refractivity contribution is 0.0930. The standard InChI is InChI=1S/C11H18BrN3O/c1-4-8-6-10(15(3)14-8)11(16)13-9(5-2)7-12/h6,9H,4-5,7H2,1-3H3,(H,13,16). The molecule has 0 bridgehead atoms. The van der Waals surface area contributed by atoms with E-state index >= 15 is 0 Å². The Hall–Kier alpha value is -0.840. The second-order valence-electron chi connectivity index (χ2n) is 3.73. The van der Waals surface area contributed by atoms with Crippen molar-refractivity contribution in [2.45, 2.75) is 32.7 Å². The molecule has 1 atom stereocenters. The molecule has 0 saturated heterocycles. The Bertz CT molecular complexity index is 358. The van der Waals surface area contributed by atoms with Crippen LogP contribution in [-0.4, -0.2) is 27.1 Å². The average Bonchev–Trinajstić information content (AvgIpc) is 2.67. The van der Waals surface area contributed by atoms with Crippen LogP contribution in [-0.2, 0) is 13.5 Å². The number of carbonyl (C=O) groups is 1. The summed E-state index contributed by atoms with van der Waals surface area (Å²) in [5.74, 6) is -0.0546. The fourth-order valence-electron chi connectivity index (χ4n) is 1.42. The summed E-state index contributed by atoms with van der Waals surface area (Å²) >= 11 is 3.38. The Labute approximate surface area is 105 Å². The number of hydrogen-bond acceptors (Lipinski definition) is 2. The fraction of sp³-hybridized carbons (Fsp3) is 0.636. The number of nitrogens with zero attached hydrogens (tertiary/aromatic N) is 2. The highest BCUT2D eigenvalue weighted by Crippen LogP contribution is 2.05. The zero-order valence-corrected chi connectivity index (χ0v) is 11.5. The molecule has 0 fully saturated rings. The SMILES string of the molecule is CCc1cc(C(=O)NC(CC)CBr)n(C)n1.